The molecule has 154 valence electrons. The number of carbonyl (C=O) groups excluding carboxylic acids is 4. The zero-order valence-electron chi connectivity index (χ0n) is 16.7. The van der Waals surface area contributed by atoms with Gasteiger partial charge in [0, 0.05) is 39.3 Å². The number of rotatable bonds is 10. The summed E-state index contributed by atoms with van der Waals surface area (Å²) in [4.78, 5) is 46.1. The quantitative estimate of drug-likeness (QED) is 0.479. The Morgan fingerprint density at radius 2 is 1.68 bits per heavy atom. The predicted octanol–water partition coefficient (Wildman–Crippen LogP) is 2.18. The molecule has 28 heavy (non-hydrogen) atoms. The highest BCUT2D eigenvalue weighted by Crippen LogP contribution is 2.28. The zero-order valence-corrected chi connectivity index (χ0v) is 16.7. The van der Waals surface area contributed by atoms with E-state index < -0.39 is 23.8 Å². The van der Waals surface area contributed by atoms with Gasteiger partial charge >= 0.3 is 17.9 Å². The smallest absolute Gasteiger partial charge is 0.308 e. The van der Waals surface area contributed by atoms with E-state index in [0.717, 1.165) is 6.42 Å². The summed E-state index contributed by atoms with van der Waals surface area (Å²) in [5, 5.41) is 2.83. The van der Waals surface area contributed by atoms with E-state index in [1.807, 2.05) is 6.92 Å². The molecule has 0 aliphatic carbocycles. The zero-order chi connectivity index (χ0) is 21.1. The first-order chi connectivity index (χ1) is 13.2. The normalized spacial score (nSPS) is 11.3. The molecule has 0 aliphatic heterocycles. The summed E-state index contributed by atoms with van der Waals surface area (Å²) in [5.41, 5.74) is 0.602. The fraction of sp³-hybridized carbons (Fsp3) is 0.500. The van der Waals surface area contributed by atoms with Crippen LogP contribution in [0.25, 0.3) is 0 Å². The molecule has 0 radical (unpaired) electrons. The van der Waals surface area contributed by atoms with Crippen LogP contribution in [0.2, 0.25) is 0 Å². The summed E-state index contributed by atoms with van der Waals surface area (Å²) in [5.74, 6) is -1.66. The van der Waals surface area contributed by atoms with Crippen LogP contribution >= 0.6 is 0 Å². The Balaban J connectivity index is 3.05. The third kappa shape index (κ3) is 8.66. The highest BCUT2D eigenvalue weighted by atomic mass is 16.5. The van der Waals surface area contributed by atoms with Gasteiger partial charge in [-0.2, -0.15) is 0 Å². The minimum Gasteiger partial charge on any atom is -0.466 e. The Morgan fingerprint density at radius 1 is 1.00 bits per heavy atom. The Kier molecular flexibility index (Phi) is 9.70. The summed E-state index contributed by atoms with van der Waals surface area (Å²) < 4.78 is 15.2. The van der Waals surface area contributed by atoms with Gasteiger partial charge in [0.15, 0.2) is 0 Å². The van der Waals surface area contributed by atoms with Crippen molar-refractivity contribution in [2.75, 3.05) is 13.2 Å². The van der Waals surface area contributed by atoms with Gasteiger partial charge in [0.25, 0.3) is 0 Å². The first-order valence-corrected chi connectivity index (χ1v) is 9.13. The van der Waals surface area contributed by atoms with E-state index >= 15 is 0 Å². The molecule has 8 nitrogen and oxygen atoms in total. The predicted molar refractivity (Wildman–Crippen MR) is 101 cm³/mol. The van der Waals surface area contributed by atoms with Gasteiger partial charge in [-0.15, -0.1) is 0 Å². The summed E-state index contributed by atoms with van der Waals surface area (Å²) in [6.07, 6.45) is 1.37. The first-order valence-electron chi connectivity index (χ1n) is 9.13. The number of ether oxygens (including phenoxy) is 3. The minimum absolute atomic E-state index is 0.105. The molecule has 0 fully saturated rings. The lowest BCUT2D eigenvalue weighted by atomic mass is 9.94. The largest absolute Gasteiger partial charge is 0.466 e. The minimum atomic E-state index is -0.534. The third-order valence-electron chi connectivity index (χ3n) is 3.71. The van der Waals surface area contributed by atoms with Crippen LogP contribution in [0.5, 0.6) is 11.5 Å². The lowest BCUT2D eigenvalue weighted by Crippen LogP contribution is -2.33. The molecule has 1 aromatic carbocycles. The van der Waals surface area contributed by atoms with Gasteiger partial charge in [-0.3, -0.25) is 19.2 Å². The SMILES string of the molecule is CCCNC(=O)C(CCOC(C)=O)Cc1ccc(OC(C)=O)cc1OC(C)=O. The molecule has 0 bridgehead atoms. The Hall–Kier alpha value is -2.90. The van der Waals surface area contributed by atoms with Crippen LogP contribution in [0.3, 0.4) is 0 Å². The van der Waals surface area contributed by atoms with Crippen molar-refractivity contribution in [3.63, 3.8) is 0 Å². The van der Waals surface area contributed by atoms with Gasteiger partial charge in [-0.1, -0.05) is 13.0 Å². The second-order valence-electron chi connectivity index (χ2n) is 6.28. The van der Waals surface area contributed by atoms with Gasteiger partial charge < -0.3 is 19.5 Å². The molecule has 1 rings (SSSR count). The van der Waals surface area contributed by atoms with Crippen molar-refractivity contribution >= 4 is 23.8 Å². The van der Waals surface area contributed by atoms with Gasteiger partial charge in [0.1, 0.15) is 11.5 Å². The van der Waals surface area contributed by atoms with Crippen LogP contribution in [-0.2, 0) is 30.3 Å². The fourth-order valence-corrected chi connectivity index (χ4v) is 2.51. The molecule has 1 aromatic rings. The van der Waals surface area contributed by atoms with Crippen LogP contribution in [0.1, 0.15) is 46.1 Å². The molecule has 0 aromatic heterocycles. The molecule has 0 saturated heterocycles. The summed E-state index contributed by atoms with van der Waals surface area (Å²) in [6.45, 7) is 6.41. The van der Waals surface area contributed by atoms with Crippen LogP contribution < -0.4 is 14.8 Å². The van der Waals surface area contributed by atoms with Crippen LogP contribution in [-0.4, -0.2) is 37.0 Å². The summed E-state index contributed by atoms with van der Waals surface area (Å²) >= 11 is 0. The number of nitrogens with one attached hydrogen (secondary N) is 1. The van der Waals surface area contributed by atoms with Crippen molar-refractivity contribution in [1.82, 2.24) is 5.32 Å². The van der Waals surface area contributed by atoms with E-state index in [-0.39, 0.29) is 30.4 Å². The van der Waals surface area contributed by atoms with E-state index in [1.54, 1.807) is 12.1 Å². The Morgan fingerprint density at radius 3 is 2.25 bits per heavy atom. The number of benzene rings is 1. The van der Waals surface area contributed by atoms with Crippen LogP contribution in [0, 0.1) is 5.92 Å². The molecule has 1 atom stereocenters. The topological polar surface area (TPSA) is 108 Å². The molecule has 1 amide bonds. The molecule has 0 spiro atoms. The van der Waals surface area contributed by atoms with Crippen molar-refractivity contribution in [2.24, 2.45) is 5.92 Å². The lowest BCUT2D eigenvalue weighted by Gasteiger charge is -2.18. The van der Waals surface area contributed by atoms with E-state index in [2.05, 4.69) is 5.32 Å². The highest BCUT2D eigenvalue weighted by molar-refractivity contribution is 5.79. The second kappa shape index (κ2) is 11.7. The van der Waals surface area contributed by atoms with E-state index in [9.17, 15) is 19.2 Å². The highest BCUT2D eigenvalue weighted by Gasteiger charge is 2.22. The van der Waals surface area contributed by atoms with Crippen molar-refractivity contribution < 1.29 is 33.4 Å². The Bertz CT molecular complexity index is 715. The first kappa shape index (κ1) is 23.1. The second-order valence-corrected chi connectivity index (χ2v) is 6.28. The van der Waals surface area contributed by atoms with Gasteiger partial charge in [-0.05, 0) is 30.9 Å². The van der Waals surface area contributed by atoms with E-state index in [4.69, 9.17) is 14.2 Å². The number of esters is 3. The number of hydrogen-bond donors (Lipinski definition) is 1. The standard InChI is InChI=1S/C20H27NO7/c1-5-9-21-20(25)17(8-10-26-13(2)22)11-16-6-7-18(27-14(3)23)12-19(16)28-15(4)24/h6-7,12,17H,5,8-11H2,1-4H3,(H,21,25). The van der Waals surface area contributed by atoms with Gasteiger partial charge in [0.2, 0.25) is 5.91 Å². The maximum atomic E-state index is 12.5. The lowest BCUT2D eigenvalue weighted by molar-refractivity contribution is -0.142. The van der Waals surface area contributed by atoms with Crippen molar-refractivity contribution in [3.05, 3.63) is 23.8 Å². The number of amides is 1. The Labute approximate surface area is 164 Å². The molecule has 0 saturated carbocycles. The maximum absolute atomic E-state index is 12.5. The molecule has 0 aliphatic rings. The molecular weight excluding hydrogens is 366 g/mol. The van der Waals surface area contributed by atoms with Crippen molar-refractivity contribution in [1.29, 1.82) is 0 Å². The van der Waals surface area contributed by atoms with Gasteiger partial charge in [0.05, 0.1) is 6.61 Å². The number of carbonyl (C=O) groups is 4. The fourth-order valence-electron chi connectivity index (χ4n) is 2.51. The molecule has 1 unspecified atom stereocenters. The van der Waals surface area contributed by atoms with E-state index in [0.29, 0.717) is 18.5 Å². The van der Waals surface area contributed by atoms with Crippen molar-refractivity contribution in [3.8, 4) is 11.5 Å². The molecule has 1 N–H and O–H groups in total. The molecular formula is C20H27NO7. The van der Waals surface area contributed by atoms with Gasteiger partial charge in [-0.25, -0.2) is 0 Å². The van der Waals surface area contributed by atoms with E-state index in [1.165, 1.54) is 26.8 Å². The summed E-state index contributed by atoms with van der Waals surface area (Å²) in [7, 11) is 0. The maximum Gasteiger partial charge on any atom is 0.308 e. The molecule has 8 heteroatoms. The van der Waals surface area contributed by atoms with Crippen LogP contribution in [0.15, 0.2) is 18.2 Å². The van der Waals surface area contributed by atoms with Crippen molar-refractivity contribution in [2.45, 2.75) is 47.0 Å². The third-order valence-corrected chi connectivity index (χ3v) is 3.71. The summed E-state index contributed by atoms with van der Waals surface area (Å²) in [6, 6.07) is 4.64. The average molecular weight is 393 g/mol. The molecule has 0 heterocycles. The monoisotopic (exact) mass is 393 g/mol. The van der Waals surface area contributed by atoms with Crippen LogP contribution in [0.4, 0.5) is 0 Å². The average Bonchev–Trinajstić information content (AvgIpc) is 2.59. The number of hydrogen-bond acceptors (Lipinski definition) is 7.